The lowest BCUT2D eigenvalue weighted by Crippen LogP contribution is -2.06. The van der Waals surface area contributed by atoms with Crippen molar-refractivity contribution < 1.29 is 13.5 Å². The maximum atomic E-state index is 13.6. The first-order chi connectivity index (χ1) is 9.61. The second kappa shape index (κ2) is 6.47. The largest absolute Gasteiger partial charge is 0.385 e. The summed E-state index contributed by atoms with van der Waals surface area (Å²) in [6.07, 6.45) is 2.67. The second-order valence-corrected chi connectivity index (χ2v) is 4.47. The van der Waals surface area contributed by atoms with Crippen LogP contribution in [0.3, 0.4) is 0 Å². The zero-order valence-corrected chi connectivity index (χ0v) is 11.5. The van der Waals surface area contributed by atoms with Crippen molar-refractivity contribution in [2.75, 3.05) is 19.0 Å². The SMILES string of the molecule is COCCCn1cc(C)nc1Nc1cccc(F)c1F. The molecule has 0 aliphatic carbocycles. The van der Waals surface area contributed by atoms with Crippen molar-refractivity contribution in [3.8, 4) is 0 Å². The number of ether oxygens (including phenoxy) is 1. The zero-order chi connectivity index (χ0) is 14.5. The van der Waals surface area contributed by atoms with Gasteiger partial charge in [-0.2, -0.15) is 0 Å². The minimum absolute atomic E-state index is 0.0728. The number of aromatic nitrogens is 2. The fourth-order valence-electron chi connectivity index (χ4n) is 1.92. The van der Waals surface area contributed by atoms with Gasteiger partial charge in [-0.25, -0.2) is 13.8 Å². The first-order valence-corrected chi connectivity index (χ1v) is 6.35. The smallest absolute Gasteiger partial charge is 0.207 e. The number of rotatable bonds is 6. The van der Waals surface area contributed by atoms with E-state index >= 15 is 0 Å². The van der Waals surface area contributed by atoms with Crippen molar-refractivity contribution >= 4 is 11.6 Å². The molecule has 0 bridgehead atoms. The van der Waals surface area contributed by atoms with Crippen LogP contribution in [0.25, 0.3) is 0 Å². The van der Waals surface area contributed by atoms with E-state index in [2.05, 4.69) is 10.3 Å². The van der Waals surface area contributed by atoms with Crippen LogP contribution in [0.1, 0.15) is 12.1 Å². The molecule has 1 aromatic heterocycles. The van der Waals surface area contributed by atoms with E-state index in [1.807, 2.05) is 17.7 Å². The molecule has 0 saturated heterocycles. The molecule has 0 aliphatic heterocycles. The molecule has 1 N–H and O–H groups in total. The number of hydrogen-bond acceptors (Lipinski definition) is 3. The minimum atomic E-state index is -0.906. The first-order valence-electron chi connectivity index (χ1n) is 6.35. The molecule has 0 radical (unpaired) electrons. The van der Waals surface area contributed by atoms with Crippen LogP contribution in [0.5, 0.6) is 0 Å². The molecule has 0 aliphatic rings. The third-order valence-corrected chi connectivity index (χ3v) is 2.84. The third-order valence-electron chi connectivity index (χ3n) is 2.84. The molecule has 0 saturated carbocycles. The molecule has 0 fully saturated rings. The summed E-state index contributed by atoms with van der Waals surface area (Å²) in [5, 5.41) is 2.83. The van der Waals surface area contributed by atoms with E-state index in [1.54, 1.807) is 7.11 Å². The summed E-state index contributed by atoms with van der Waals surface area (Å²) in [4.78, 5) is 4.28. The molecule has 0 amide bonds. The Bertz CT molecular complexity index is 584. The van der Waals surface area contributed by atoms with E-state index < -0.39 is 11.6 Å². The van der Waals surface area contributed by atoms with Crippen molar-refractivity contribution in [2.45, 2.75) is 19.9 Å². The van der Waals surface area contributed by atoms with Crippen LogP contribution in [-0.2, 0) is 11.3 Å². The molecular formula is C14H17F2N3O. The summed E-state index contributed by atoms with van der Waals surface area (Å²) >= 11 is 0. The van der Waals surface area contributed by atoms with Crippen LogP contribution in [-0.4, -0.2) is 23.3 Å². The third kappa shape index (κ3) is 3.33. The van der Waals surface area contributed by atoms with Gasteiger partial charge in [-0.15, -0.1) is 0 Å². The van der Waals surface area contributed by atoms with E-state index in [1.165, 1.54) is 12.1 Å². The van der Waals surface area contributed by atoms with Gasteiger partial charge in [0.15, 0.2) is 11.6 Å². The van der Waals surface area contributed by atoms with Crippen LogP contribution in [0.15, 0.2) is 24.4 Å². The monoisotopic (exact) mass is 281 g/mol. The van der Waals surface area contributed by atoms with Gasteiger partial charge in [0, 0.05) is 26.5 Å². The number of halogens is 2. The van der Waals surface area contributed by atoms with Crippen molar-refractivity contribution in [1.82, 2.24) is 9.55 Å². The highest BCUT2D eigenvalue weighted by Crippen LogP contribution is 2.21. The quantitative estimate of drug-likeness (QED) is 0.826. The Hall–Kier alpha value is -1.95. The van der Waals surface area contributed by atoms with Gasteiger partial charge in [0.1, 0.15) is 0 Å². The maximum absolute atomic E-state index is 13.6. The van der Waals surface area contributed by atoms with Crippen molar-refractivity contribution in [1.29, 1.82) is 0 Å². The lowest BCUT2D eigenvalue weighted by Gasteiger charge is -2.10. The van der Waals surface area contributed by atoms with Gasteiger partial charge in [0.25, 0.3) is 0 Å². The van der Waals surface area contributed by atoms with Gasteiger partial charge in [-0.1, -0.05) is 6.07 Å². The number of nitrogens with zero attached hydrogens (tertiary/aromatic N) is 2. The Morgan fingerprint density at radius 3 is 2.90 bits per heavy atom. The molecule has 1 aromatic carbocycles. The molecule has 1 heterocycles. The molecule has 4 nitrogen and oxygen atoms in total. The van der Waals surface area contributed by atoms with Gasteiger partial charge in [0.2, 0.25) is 5.95 Å². The average molecular weight is 281 g/mol. The second-order valence-electron chi connectivity index (χ2n) is 4.47. The van der Waals surface area contributed by atoms with E-state index in [0.717, 1.165) is 18.2 Å². The summed E-state index contributed by atoms with van der Waals surface area (Å²) in [5.74, 6) is -1.30. The predicted molar refractivity (Wildman–Crippen MR) is 73.1 cm³/mol. The molecule has 108 valence electrons. The Balaban J connectivity index is 2.18. The van der Waals surface area contributed by atoms with Gasteiger partial charge in [-0.3, -0.25) is 0 Å². The highest BCUT2D eigenvalue weighted by Gasteiger charge is 2.11. The Labute approximate surface area is 116 Å². The highest BCUT2D eigenvalue weighted by molar-refractivity contribution is 5.54. The van der Waals surface area contributed by atoms with E-state index in [4.69, 9.17) is 4.74 Å². The van der Waals surface area contributed by atoms with E-state index in [0.29, 0.717) is 19.1 Å². The van der Waals surface area contributed by atoms with Gasteiger partial charge < -0.3 is 14.6 Å². The number of anilines is 2. The summed E-state index contributed by atoms with van der Waals surface area (Å²) in [6, 6.07) is 4.00. The highest BCUT2D eigenvalue weighted by atomic mass is 19.2. The van der Waals surface area contributed by atoms with Crippen molar-refractivity contribution in [2.24, 2.45) is 0 Å². The number of aryl methyl sites for hydroxylation is 2. The van der Waals surface area contributed by atoms with Crippen LogP contribution in [0, 0.1) is 18.6 Å². The summed E-state index contributed by atoms with van der Waals surface area (Å²) in [5.41, 5.74) is 0.880. The molecule has 20 heavy (non-hydrogen) atoms. The zero-order valence-electron chi connectivity index (χ0n) is 11.5. The standard InChI is InChI=1S/C14H17F2N3O/c1-10-9-19(7-4-8-20-2)14(17-10)18-12-6-3-5-11(15)13(12)16/h3,5-6,9H,4,7-8H2,1-2H3,(H,17,18). The minimum Gasteiger partial charge on any atom is -0.385 e. The number of nitrogens with one attached hydrogen (secondary N) is 1. The fourth-order valence-corrected chi connectivity index (χ4v) is 1.92. The van der Waals surface area contributed by atoms with Gasteiger partial charge >= 0.3 is 0 Å². The average Bonchev–Trinajstić information content (AvgIpc) is 2.76. The van der Waals surface area contributed by atoms with E-state index in [-0.39, 0.29) is 5.69 Å². The lowest BCUT2D eigenvalue weighted by atomic mass is 10.3. The molecule has 0 unspecified atom stereocenters. The molecule has 0 spiro atoms. The molecular weight excluding hydrogens is 264 g/mol. The fraction of sp³-hybridized carbons (Fsp3) is 0.357. The Morgan fingerprint density at radius 2 is 2.15 bits per heavy atom. The van der Waals surface area contributed by atoms with Crippen molar-refractivity contribution in [3.05, 3.63) is 41.7 Å². The number of methoxy groups -OCH3 is 1. The van der Waals surface area contributed by atoms with Gasteiger partial charge in [-0.05, 0) is 25.5 Å². The summed E-state index contributed by atoms with van der Waals surface area (Å²) in [7, 11) is 1.64. The molecule has 6 heteroatoms. The lowest BCUT2D eigenvalue weighted by molar-refractivity contribution is 0.190. The van der Waals surface area contributed by atoms with E-state index in [9.17, 15) is 8.78 Å². The Kier molecular flexibility index (Phi) is 4.68. The number of benzene rings is 1. The van der Waals surface area contributed by atoms with Crippen LogP contribution < -0.4 is 5.32 Å². The van der Waals surface area contributed by atoms with Crippen LogP contribution >= 0.6 is 0 Å². The molecule has 0 atom stereocenters. The van der Waals surface area contributed by atoms with Crippen molar-refractivity contribution in [3.63, 3.8) is 0 Å². The normalized spacial score (nSPS) is 10.8. The maximum Gasteiger partial charge on any atom is 0.207 e. The van der Waals surface area contributed by atoms with Crippen LogP contribution in [0.2, 0.25) is 0 Å². The summed E-state index contributed by atoms with van der Waals surface area (Å²) in [6.45, 7) is 3.17. The number of hydrogen-bond donors (Lipinski definition) is 1. The summed E-state index contributed by atoms with van der Waals surface area (Å²) < 4.78 is 33.7. The molecule has 2 rings (SSSR count). The predicted octanol–water partition coefficient (Wildman–Crippen LogP) is 3.25. The number of imidazole rings is 1. The Morgan fingerprint density at radius 1 is 1.35 bits per heavy atom. The van der Waals surface area contributed by atoms with Crippen LogP contribution in [0.4, 0.5) is 20.4 Å². The first kappa shape index (κ1) is 14.5. The molecule has 2 aromatic rings. The topological polar surface area (TPSA) is 39.1 Å². The van der Waals surface area contributed by atoms with Gasteiger partial charge in [0.05, 0.1) is 11.4 Å².